The molecule has 0 saturated heterocycles. The lowest BCUT2D eigenvalue weighted by Crippen LogP contribution is -2.15. The monoisotopic (exact) mass is 206 g/mol. The van der Waals surface area contributed by atoms with Crippen LogP contribution in [0.1, 0.15) is 30.5 Å². The number of carbonyl (C=O) groups excluding carboxylic acids is 1. The summed E-state index contributed by atoms with van der Waals surface area (Å²) in [5, 5.41) is 0. The topological polar surface area (TPSA) is 26.3 Å². The van der Waals surface area contributed by atoms with Crippen molar-refractivity contribution in [3.63, 3.8) is 0 Å². The van der Waals surface area contributed by atoms with Crippen molar-refractivity contribution in [1.29, 1.82) is 0 Å². The highest BCUT2D eigenvalue weighted by Gasteiger charge is 2.10. The van der Waals surface area contributed by atoms with Crippen molar-refractivity contribution in [1.82, 2.24) is 0 Å². The largest absolute Gasteiger partial charge is 0.426 e. The van der Waals surface area contributed by atoms with Gasteiger partial charge in [0, 0.05) is 0 Å². The Labute approximate surface area is 91.3 Å². The number of hydrogen-bond acceptors (Lipinski definition) is 2. The molecule has 0 aliphatic heterocycles. The summed E-state index contributed by atoms with van der Waals surface area (Å²) >= 11 is 0. The summed E-state index contributed by atoms with van der Waals surface area (Å²) in [5.41, 5.74) is 3.56. The molecule has 0 radical (unpaired) electrons. The summed E-state index contributed by atoms with van der Waals surface area (Å²) in [6.45, 7) is 9.77. The third-order valence-corrected chi connectivity index (χ3v) is 2.59. The molecule has 15 heavy (non-hydrogen) atoms. The fraction of sp³-hybridized carbons (Fsp3) is 0.462. The number of benzene rings is 1. The van der Waals surface area contributed by atoms with Crippen LogP contribution in [-0.2, 0) is 4.79 Å². The highest BCUT2D eigenvalue weighted by molar-refractivity contribution is 5.74. The van der Waals surface area contributed by atoms with Gasteiger partial charge in [0.05, 0.1) is 5.92 Å². The van der Waals surface area contributed by atoms with Crippen LogP contribution in [0.25, 0.3) is 0 Å². The van der Waals surface area contributed by atoms with Crippen molar-refractivity contribution in [3.05, 3.63) is 28.8 Å². The Kier molecular flexibility index (Phi) is 3.51. The first kappa shape index (κ1) is 11.8. The Morgan fingerprint density at radius 1 is 1.13 bits per heavy atom. The molecule has 0 aromatic heterocycles. The second kappa shape index (κ2) is 4.47. The molecular formula is C13H18O2. The Hall–Kier alpha value is -1.31. The Bertz CT molecular complexity index is 355. The predicted octanol–water partition coefficient (Wildman–Crippen LogP) is 3.17. The van der Waals surface area contributed by atoms with Crippen molar-refractivity contribution in [2.45, 2.75) is 34.6 Å². The molecule has 0 aliphatic carbocycles. The molecule has 0 N–H and O–H groups in total. The molecule has 1 rings (SSSR count). The fourth-order valence-corrected chi connectivity index (χ4v) is 1.29. The molecule has 2 heteroatoms. The van der Waals surface area contributed by atoms with Crippen LogP contribution in [0.2, 0.25) is 0 Å². The van der Waals surface area contributed by atoms with Gasteiger partial charge in [0.15, 0.2) is 0 Å². The third-order valence-electron chi connectivity index (χ3n) is 2.59. The minimum absolute atomic E-state index is 0.0908. The molecule has 0 aliphatic rings. The summed E-state index contributed by atoms with van der Waals surface area (Å²) in [5.74, 6) is 0.374. The Morgan fingerprint density at radius 3 is 2.00 bits per heavy atom. The van der Waals surface area contributed by atoms with Crippen LogP contribution >= 0.6 is 0 Å². The highest BCUT2D eigenvalue weighted by atomic mass is 16.5. The van der Waals surface area contributed by atoms with Crippen LogP contribution in [0.4, 0.5) is 0 Å². The SMILES string of the molecule is Cc1cc(OC(=O)C(C)C)cc(C)c1C. The van der Waals surface area contributed by atoms with E-state index in [1.54, 1.807) is 0 Å². The molecule has 2 nitrogen and oxygen atoms in total. The van der Waals surface area contributed by atoms with E-state index in [2.05, 4.69) is 6.92 Å². The standard InChI is InChI=1S/C13H18O2/c1-8(2)13(14)15-12-6-9(3)11(5)10(4)7-12/h6-8H,1-5H3. The first-order chi connectivity index (χ1) is 6.91. The summed E-state index contributed by atoms with van der Waals surface area (Å²) in [4.78, 5) is 11.4. The van der Waals surface area contributed by atoms with Gasteiger partial charge in [0.25, 0.3) is 0 Å². The van der Waals surface area contributed by atoms with Crippen LogP contribution < -0.4 is 4.74 Å². The van der Waals surface area contributed by atoms with E-state index in [1.165, 1.54) is 5.56 Å². The second-order valence-electron chi connectivity index (χ2n) is 4.26. The van der Waals surface area contributed by atoms with E-state index in [9.17, 15) is 4.79 Å². The van der Waals surface area contributed by atoms with Crippen LogP contribution in [0.15, 0.2) is 12.1 Å². The van der Waals surface area contributed by atoms with E-state index in [1.807, 2.05) is 39.8 Å². The van der Waals surface area contributed by atoms with E-state index in [0.29, 0.717) is 5.75 Å². The first-order valence-electron chi connectivity index (χ1n) is 5.21. The third kappa shape index (κ3) is 2.82. The molecular weight excluding hydrogens is 188 g/mol. The van der Waals surface area contributed by atoms with Gasteiger partial charge in [-0.1, -0.05) is 13.8 Å². The van der Waals surface area contributed by atoms with Crippen molar-refractivity contribution in [3.8, 4) is 5.75 Å². The number of hydrogen-bond donors (Lipinski definition) is 0. The van der Waals surface area contributed by atoms with Gasteiger partial charge in [-0.25, -0.2) is 0 Å². The lowest BCUT2D eigenvalue weighted by atomic mass is 10.0. The molecule has 1 aromatic carbocycles. The van der Waals surface area contributed by atoms with Crippen LogP contribution in [0.3, 0.4) is 0 Å². The van der Waals surface area contributed by atoms with Crippen molar-refractivity contribution in [2.75, 3.05) is 0 Å². The molecule has 0 amide bonds. The van der Waals surface area contributed by atoms with E-state index in [4.69, 9.17) is 4.74 Å². The lowest BCUT2D eigenvalue weighted by Gasteiger charge is -2.10. The lowest BCUT2D eigenvalue weighted by molar-refractivity contribution is -0.137. The van der Waals surface area contributed by atoms with E-state index >= 15 is 0 Å². The maximum Gasteiger partial charge on any atom is 0.313 e. The van der Waals surface area contributed by atoms with Gasteiger partial charge in [-0.3, -0.25) is 4.79 Å². The summed E-state index contributed by atoms with van der Waals surface area (Å²) in [7, 11) is 0. The zero-order valence-corrected chi connectivity index (χ0v) is 10.0. The van der Waals surface area contributed by atoms with Gasteiger partial charge in [0.1, 0.15) is 5.75 Å². The van der Waals surface area contributed by atoms with E-state index < -0.39 is 0 Å². The van der Waals surface area contributed by atoms with E-state index in [-0.39, 0.29) is 11.9 Å². The van der Waals surface area contributed by atoms with Crippen LogP contribution in [0, 0.1) is 26.7 Å². The zero-order chi connectivity index (χ0) is 11.6. The summed E-state index contributed by atoms with van der Waals surface area (Å²) < 4.78 is 5.25. The fourth-order valence-electron chi connectivity index (χ4n) is 1.29. The van der Waals surface area contributed by atoms with Crippen molar-refractivity contribution < 1.29 is 9.53 Å². The number of ether oxygens (including phenoxy) is 1. The number of carbonyl (C=O) groups is 1. The minimum Gasteiger partial charge on any atom is -0.426 e. The quantitative estimate of drug-likeness (QED) is 0.548. The molecule has 82 valence electrons. The molecule has 0 bridgehead atoms. The average Bonchev–Trinajstić information content (AvgIpc) is 2.13. The molecule has 0 fully saturated rings. The van der Waals surface area contributed by atoms with Crippen LogP contribution in [-0.4, -0.2) is 5.97 Å². The molecule has 0 saturated carbocycles. The zero-order valence-electron chi connectivity index (χ0n) is 10.0. The highest BCUT2D eigenvalue weighted by Crippen LogP contribution is 2.21. The number of esters is 1. The van der Waals surface area contributed by atoms with Gasteiger partial charge in [-0.05, 0) is 49.6 Å². The second-order valence-corrected chi connectivity index (χ2v) is 4.26. The summed E-state index contributed by atoms with van der Waals surface area (Å²) in [6.07, 6.45) is 0. The smallest absolute Gasteiger partial charge is 0.313 e. The van der Waals surface area contributed by atoms with Gasteiger partial charge < -0.3 is 4.74 Å². The van der Waals surface area contributed by atoms with Crippen LogP contribution in [0.5, 0.6) is 5.75 Å². The molecule has 0 unspecified atom stereocenters. The minimum atomic E-state index is -0.183. The predicted molar refractivity (Wildman–Crippen MR) is 61.1 cm³/mol. The first-order valence-corrected chi connectivity index (χ1v) is 5.21. The maximum atomic E-state index is 11.4. The van der Waals surface area contributed by atoms with Gasteiger partial charge in [-0.15, -0.1) is 0 Å². The normalized spacial score (nSPS) is 10.5. The molecule has 0 heterocycles. The van der Waals surface area contributed by atoms with Gasteiger partial charge in [0.2, 0.25) is 0 Å². The average molecular weight is 206 g/mol. The van der Waals surface area contributed by atoms with E-state index in [0.717, 1.165) is 11.1 Å². The number of aryl methyl sites for hydroxylation is 2. The number of rotatable bonds is 2. The summed E-state index contributed by atoms with van der Waals surface area (Å²) in [6, 6.07) is 3.81. The van der Waals surface area contributed by atoms with Crippen molar-refractivity contribution in [2.24, 2.45) is 5.92 Å². The van der Waals surface area contributed by atoms with Gasteiger partial charge >= 0.3 is 5.97 Å². The van der Waals surface area contributed by atoms with Gasteiger partial charge in [-0.2, -0.15) is 0 Å². The Balaban J connectivity index is 2.93. The molecule has 0 atom stereocenters. The maximum absolute atomic E-state index is 11.4. The molecule has 1 aromatic rings. The molecule has 0 spiro atoms. The Morgan fingerprint density at radius 2 is 1.60 bits per heavy atom. The van der Waals surface area contributed by atoms with Crippen molar-refractivity contribution >= 4 is 5.97 Å².